The molecule has 0 saturated carbocycles. The van der Waals surface area contributed by atoms with Crippen molar-refractivity contribution in [1.29, 1.82) is 0 Å². The Morgan fingerprint density at radius 3 is 2.38 bits per heavy atom. The molecular weight excluding hydrogens is 206 g/mol. The summed E-state index contributed by atoms with van der Waals surface area (Å²) >= 11 is 0. The van der Waals surface area contributed by atoms with Gasteiger partial charge in [-0.25, -0.2) is 0 Å². The highest BCUT2D eigenvalue weighted by Crippen LogP contribution is 2.17. The molecule has 0 bridgehead atoms. The Morgan fingerprint density at radius 1 is 1.25 bits per heavy atom. The quantitative estimate of drug-likeness (QED) is 0.491. The van der Waals surface area contributed by atoms with Crippen molar-refractivity contribution in [1.82, 2.24) is 0 Å². The van der Waals surface area contributed by atoms with E-state index in [0.29, 0.717) is 11.8 Å². The van der Waals surface area contributed by atoms with E-state index in [0.717, 1.165) is 5.56 Å². The molecular formula is C12H15NO3. The van der Waals surface area contributed by atoms with Gasteiger partial charge >= 0.3 is 0 Å². The molecule has 16 heavy (non-hydrogen) atoms. The number of allylic oxidation sites excluding steroid dienone is 1. The van der Waals surface area contributed by atoms with Gasteiger partial charge in [-0.1, -0.05) is 30.3 Å². The summed E-state index contributed by atoms with van der Waals surface area (Å²) in [6.45, 7) is 0.00790. The van der Waals surface area contributed by atoms with Crippen LogP contribution in [0.15, 0.2) is 30.3 Å². The van der Waals surface area contributed by atoms with E-state index in [9.17, 15) is 15.0 Å². The third-order valence-corrected chi connectivity index (χ3v) is 2.25. The molecule has 0 aliphatic heterocycles. The number of carbonyl (C=O) groups excluding carboxylic acids is 1. The van der Waals surface area contributed by atoms with Gasteiger partial charge in [0.15, 0.2) is 0 Å². The third kappa shape index (κ3) is 3.27. The second-order valence-electron chi connectivity index (χ2n) is 3.41. The maximum atomic E-state index is 10.1. The number of carbonyl (C=O) groups is 1. The van der Waals surface area contributed by atoms with Crippen LogP contribution in [0.2, 0.25) is 0 Å². The summed E-state index contributed by atoms with van der Waals surface area (Å²) in [6, 6.07) is 6.88. The standard InChI is InChI=1S/C12H15NO3/c13-8-11(15)12(16)10-5-3-9(4-6-10)2-1-7-14/h1-7,11-12,15-16H,8,13H2/b2-1+. The smallest absolute Gasteiger partial charge is 0.142 e. The number of aliphatic hydroxyl groups is 2. The topological polar surface area (TPSA) is 83.6 Å². The van der Waals surface area contributed by atoms with Gasteiger partial charge in [-0.3, -0.25) is 4.79 Å². The average Bonchev–Trinajstić information content (AvgIpc) is 2.35. The minimum atomic E-state index is -0.978. The number of nitrogens with two attached hydrogens (primary N) is 1. The van der Waals surface area contributed by atoms with Crippen LogP contribution < -0.4 is 5.73 Å². The lowest BCUT2D eigenvalue weighted by atomic mass is 10.0. The fourth-order valence-electron chi connectivity index (χ4n) is 1.31. The lowest BCUT2D eigenvalue weighted by Crippen LogP contribution is -2.27. The number of hydrogen-bond donors (Lipinski definition) is 3. The largest absolute Gasteiger partial charge is 0.389 e. The van der Waals surface area contributed by atoms with E-state index in [2.05, 4.69) is 0 Å². The first-order chi connectivity index (χ1) is 7.69. The van der Waals surface area contributed by atoms with E-state index in [1.54, 1.807) is 30.3 Å². The Kier molecular flexibility index (Phi) is 4.85. The molecule has 0 aromatic heterocycles. The van der Waals surface area contributed by atoms with Crippen molar-refractivity contribution in [2.45, 2.75) is 12.2 Å². The Bertz CT molecular complexity index is 359. The normalized spacial score (nSPS) is 14.9. The van der Waals surface area contributed by atoms with Gasteiger partial charge in [0.2, 0.25) is 0 Å². The molecule has 2 atom stereocenters. The molecule has 0 heterocycles. The molecule has 0 spiro atoms. The summed E-state index contributed by atoms with van der Waals surface area (Å²) in [7, 11) is 0. The molecule has 4 nitrogen and oxygen atoms in total. The van der Waals surface area contributed by atoms with Crippen LogP contribution in [0.1, 0.15) is 17.2 Å². The fraction of sp³-hybridized carbons (Fsp3) is 0.250. The molecule has 1 rings (SSSR count). The van der Waals surface area contributed by atoms with Crippen LogP contribution in [0.3, 0.4) is 0 Å². The molecule has 0 aliphatic carbocycles. The monoisotopic (exact) mass is 221 g/mol. The van der Waals surface area contributed by atoms with E-state index in [1.807, 2.05) is 0 Å². The molecule has 1 aromatic rings. The first-order valence-corrected chi connectivity index (χ1v) is 4.97. The summed E-state index contributed by atoms with van der Waals surface area (Å²) in [4.78, 5) is 10.1. The van der Waals surface area contributed by atoms with Crippen molar-refractivity contribution in [3.05, 3.63) is 41.5 Å². The van der Waals surface area contributed by atoms with Crippen LogP contribution in [-0.2, 0) is 4.79 Å². The fourth-order valence-corrected chi connectivity index (χ4v) is 1.31. The Morgan fingerprint density at radius 2 is 1.88 bits per heavy atom. The molecule has 0 amide bonds. The highest BCUT2D eigenvalue weighted by atomic mass is 16.3. The van der Waals surface area contributed by atoms with Gasteiger partial charge in [-0.05, 0) is 17.2 Å². The average molecular weight is 221 g/mol. The lowest BCUT2D eigenvalue weighted by molar-refractivity contribution is -0.104. The highest BCUT2D eigenvalue weighted by Gasteiger charge is 2.15. The number of aliphatic hydroxyl groups excluding tert-OH is 2. The third-order valence-electron chi connectivity index (χ3n) is 2.25. The van der Waals surface area contributed by atoms with Crippen molar-refractivity contribution < 1.29 is 15.0 Å². The van der Waals surface area contributed by atoms with Gasteiger partial charge in [0, 0.05) is 6.54 Å². The van der Waals surface area contributed by atoms with Crippen molar-refractivity contribution in [2.24, 2.45) is 5.73 Å². The van der Waals surface area contributed by atoms with Gasteiger partial charge in [0.05, 0.1) is 6.10 Å². The van der Waals surface area contributed by atoms with Crippen LogP contribution >= 0.6 is 0 Å². The van der Waals surface area contributed by atoms with Gasteiger partial charge in [-0.2, -0.15) is 0 Å². The molecule has 0 aliphatic rings. The lowest BCUT2D eigenvalue weighted by Gasteiger charge is -2.16. The molecule has 86 valence electrons. The zero-order valence-electron chi connectivity index (χ0n) is 8.78. The molecule has 0 fully saturated rings. The Hall–Kier alpha value is -1.49. The molecule has 0 saturated heterocycles. The molecule has 4 heteroatoms. The SMILES string of the molecule is NCC(O)C(O)c1ccc(/C=C/C=O)cc1. The zero-order valence-corrected chi connectivity index (χ0v) is 8.78. The predicted molar refractivity (Wildman–Crippen MR) is 61.6 cm³/mol. The predicted octanol–water partition coefficient (Wildman–Crippen LogP) is 0.252. The van der Waals surface area contributed by atoms with Gasteiger partial charge in [0.25, 0.3) is 0 Å². The second kappa shape index (κ2) is 6.17. The summed E-state index contributed by atoms with van der Waals surface area (Å²) in [5, 5.41) is 19.0. The number of aldehydes is 1. The minimum absolute atomic E-state index is 0.00790. The summed E-state index contributed by atoms with van der Waals surface area (Å²) in [5.41, 5.74) is 6.70. The first kappa shape index (κ1) is 12.6. The Balaban J connectivity index is 2.78. The zero-order chi connectivity index (χ0) is 12.0. The molecule has 0 radical (unpaired) electrons. The van der Waals surface area contributed by atoms with Crippen LogP contribution in [0.5, 0.6) is 0 Å². The van der Waals surface area contributed by atoms with E-state index in [1.165, 1.54) is 6.08 Å². The van der Waals surface area contributed by atoms with Gasteiger partial charge in [-0.15, -0.1) is 0 Å². The molecule has 1 aromatic carbocycles. The number of benzene rings is 1. The van der Waals surface area contributed by atoms with E-state index >= 15 is 0 Å². The van der Waals surface area contributed by atoms with Crippen LogP contribution in [-0.4, -0.2) is 29.1 Å². The van der Waals surface area contributed by atoms with Crippen LogP contribution in [0.4, 0.5) is 0 Å². The maximum Gasteiger partial charge on any atom is 0.142 e. The molecule has 2 unspecified atom stereocenters. The number of hydrogen-bond acceptors (Lipinski definition) is 4. The summed E-state index contributed by atoms with van der Waals surface area (Å²) in [5.74, 6) is 0. The highest BCUT2D eigenvalue weighted by molar-refractivity contribution is 5.73. The van der Waals surface area contributed by atoms with E-state index < -0.39 is 12.2 Å². The van der Waals surface area contributed by atoms with Crippen LogP contribution in [0, 0.1) is 0 Å². The van der Waals surface area contributed by atoms with Gasteiger partial charge < -0.3 is 15.9 Å². The minimum Gasteiger partial charge on any atom is -0.389 e. The second-order valence-corrected chi connectivity index (χ2v) is 3.41. The summed E-state index contributed by atoms with van der Waals surface area (Å²) < 4.78 is 0. The number of rotatable bonds is 5. The van der Waals surface area contributed by atoms with Gasteiger partial charge in [0.1, 0.15) is 12.4 Å². The van der Waals surface area contributed by atoms with Crippen molar-refractivity contribution in [2.75, 3.05) is 6.54 Å². The first-order valence-electron chi connectivity index (χ1n) is 4.97. The van der Waals surface area contributed by atoms with Crippen molar-refractivity contribution in [3.63, 3.8) is 0 Å². The van der Waals surface area contributed by atoms with Crippen molar-refractivity contribution in [3.8, 4) is 0 Å². The maximum absolute atomic E-state index is 10.1. The molecule has 4 N–H and O–H groups in total. The van der Waals surface area contributed by atoms with E-state index in [-0.39, 0.29) is 6.54 Å². The van der Waals surface area contributed by atoms with Crippen molar-refractivity contribution >= 4 is 12.4 Å². The van der Waals surface area contributed by atoms with Crippen LogP contribution in [0.25, 0.3) is 6.08 Å². The summed E-state index contributed by atoms with van der Waals surface area (Å²) in [6.07, 6.45) is 1.80. The Labute approximate surface area is 94.0 Å². The van der Waals surface area contributed by atoms with E-state index in [4.69, 9.17) is 5.73 Å².